The second-order valence-electron chi connectivity index (χ2n) is 5.48. The van der Waals surface area contributed by atoms with Gasteiger partial charge >= 0.3 is 0 Å². The Morgan fingerprint density at radius 1 is 1.33 bits per heavy atom. The summed E-state index contributed by atoms with van der Waals surface area (Å²) in [7, 11) is 0. The Hall–Kier alpha value is -1.07. The first-order valence-corrected chi connectivity index (χ1v) is 7.77. The molecule has 21 heavy (non-hydrogen) atoms. The average Bonchev–Trinajstić information content (AvgIpc) is 2.92. The number of hydrogen-bond donors (Lipinski definition) is 2. The van der Waals surface area contributed by atoms with Crippen molar-refractivity contribution in [1.82, 2.24) is 20.4 Å². The van der Waals surface area contributed by atoms with Gasteiger partial charge in [0.25, 0.3) is 5.91 Å². The van der Waals surface area contributed by atoms with Crippen molar-refractivity contribution in [2.24, 2.45) is 5.92 Å². The average molecular weight is 315 g/mol. The predicted octanol–water partition coefficient (Wildman–Crippen LogP) is 2.38. The lowest BCUT2D eigenvalue weighted by Gasteiger charge is -2.25. The SMILES string of the molecule is CCC(CC)CN(CC)C(=O)c1n[nH]c2c1CNCC2.Cl. The highest BCUT2D eigenvalue weighted by Gasteiger charge is 2.25. The lowest BCUT2D eigenvalue weighted by Crippen LogP contribution is -2.36. The molecular formula is C15H27ClN4O. The fourth-order valence-corrected chi connectivity index (χ4v) is 2.77. The highest BCUT2D eigenvalue weighted by atomic mass is 35.5. The van der Waals surface area contributed by atoms with E-state index in [9.17, 15) is 4.79 Å². The number of H-pyrrole nitrogens is 1. The largest absolute Gasteiger partial charge is 0.337 e. The van der Waals surface area contributed by atoms with Crippen LogP contribution in [0.4, 0.5) is 0 Å². The fourth-order valence-electron chi connectivity index (χ4n) is 2.77. The maximum atomic E-state index is 12.7. The topological polar surface area (TPSA) is 61.0 Å². The van der Waals surface area contributed by atoms with Crippen LogP contribution < -0.4 is 5.32 Å². The van der Waals surface area contributed by atoms with E-state index in [1.54, 1.807) is 0 Å². The third-order valence-corrected chi connectivity index (χ3v) is 4.31. The maximum Gasteiger partial charge on any atom is 0.274 e. The van der Waals surface area contributed by atoms with Crippen LogP contribution in [0.3, 0.4) is 0 Å². The number of fused-ring (bicyclic) bond motifs is 1. The Kier molecular flexibility index (Phi) is 7.18. The number of carbonyl (C=O) groups is 1. The predicted molar refractivity (Wildman–Crippen MR) is 86.9 cm³/mol. The van der Waals surface area contributed by atoms with E-state index in [0.717, 1.165) is 56.7 Å². The molecule has 0 saturated heterocycles. The quantitative estimate of drug-likeness (QED) is 0.847. The zero-order chi connectivity index (χ0) is 14.5. The molecule has 1 aliphatic heterocycles. The van der Waals surface area contributed by atoms with Gasteiger partial charge in [-0.3, -0.25) is 9.89 Å². The number of aromatic nitrogens is 2. The van der Waals surface area contributed by atoms with Crippen LogP contribution in [-0.4, -0.2) is 40.6 Å². The minimum absolute atomic E-state index is 0. The van der Waals surface area contributed by atoms with E-state index in [-0.39, 0.29) is 18.3 Å². The molecule has 0 bridgehead atoms. The summed E-state index contributed by atoms with van der Waals surface area (Å²) in [6.45, 7) is 9.68. The minimum Gasteiger partial charge on any atom is -0.337 e. The zero-order valence-electron chi connectivity index (χ0n) is 13.2. The molecule has 0 aromatic carbocycles. The summed E-state index contributed by atoms with van der Waals surface area (Å²) in [6.07, 6.45) is 3.15. The summed E-state index contributed by atoms with van der Waals surface area (Å²) in [5, 5.41) is 10.6. The Labute approximate surface area is 133 Å². The molecule has 0 saturated carbocycles. The van der Waals surface area contributed by atoms with E-state index >= 15 is 0 Å². The van der Waals surface area contributed by atoms with E-state index in [0.29, 0.717) is 11.6 Å². The van der Waals surface area contributed by atoms with Gasteiger partial charge in [-0.1, -0.05) is 26.7 Å². The van der Waals surface area contributed by atoms with Gasteiger partial charge in [0.2, 0.25) is 0 Å². The van der Waals surface area contributed by atoms with E-state index in [1.165, 1.54) is 0 Å². The van der Waals surface area contributed by atoms with E-state index in [4.69, 9.17) is 0 Å². The second-order valence-corrected chi connectivity index (χ2v) is 5.48. The fraction of sp³-hybridized carbons (Fsp3) is 0.733. The van der Waals surface area contributed by atoms with Crippen molar-refractivity contribution in [3.05, 3.63) is 17.0 Å². The van der Waals surface area contributed by atoms with Crippen LogP contribution in [0, 0.1) is 5.92 Å². The number of aromatic amines is 1. The molecular weight excluding hydrogens is 288 g/mol. The Morgan fingerprint density at radius 3 is 2.67 bits per heavy atom. The molecule has 1 aromatic rings. The van der Waals surface area contributed by atoms with Gasteiger partial charge in [0, 0.05) is 43.9 Å². The number of rotatable bonds is 6. The van der Waals surface area contributed by atoms with Gasteiger partial charge < -0.3 is 10.2 Å². The summed E-state index contributed by atoms with van der Waals surface area (Å²) in [6, 6.07) is 0. The number of nitrogens with zero attached hydrogens (tertiary/aromatic N) is 2. The Bertz CT molecular complexity index is 457. The van der Waals surface area contributed by atoms with Crippen LogP contribution in [0.25, 0.3) is 0 Å². The molecule has 1 amide bonds. The van der Waals surface area contributed by atoms with Gasteiger partial charge in [0.15, 0.2) is 5.69 Å². The normalized spacial score (nSPS) is 13.7. The van der Waals surface area contributed by atoms with E-state index < -0.39 is 0 Å². The van der Waals surface area contributed by atoms with Crippen LogP contribution >= 0.6 is 12.4 Å². The van der Waals surface area contributed by atoms with Gasteiger partial charge in [-0.15, -0.1) is 12.4 Å². The summed E-state index contributed by atoms with van der Waals surface area (Å²) >= 11 is 0. The number of hydrogen-bond acceptors (Lipinski definition) is 3. The molecule has 5 nitrogen and oxygen atoms in total. The number of nitrogens with one attached hydrogen (secondary N) is 2. The molecule has 2 N–H and O–H groups in total. The van der Waals surface area contributed by atoms with E-state index in [2.05, 4.69) is 29.4 Å². The van der Waals surface area contributed by atoms with Crippen LogP contribution in [0.2, 0.25) is 0 Å². The molecule has 0 atom stereocenters. The van der Waals surface area contributed by atoms with Crippen molar-refractivity contribution in [3.63, 3.8) is 0 Å². The molecule has 0 aliphatic carbocycles. The van der Waals surface area contributed by atoms with Gasteiger partial charge in [0.1, 0.15) is 0 Å². The highest BCUT2D eigenvalue weighted by molar-refractivity contribution is 5.94. The first kappa shape index (κ1) is 18.0. The Balaban J connectivity index is 0.00000220. The van der Waals surface area contributed by atoms with Crippen molar-refractivity contribution in [2.45, 2.75) is 46.6 Å². The monoisotopic (exact) mass is 314 g/mol. The third-order valence-electron chi connectivity index (χ3n) is 4.31. The third kappa shape index (κ3) is 3.98. The molecule has 0 unspecified atom stereocenters. The molecule has 6 heteroatoms. The molecule has 0 fully saturated rings. The summed E-state index contributed by atoms with van der Waals surface area (Å²) in [4.78, 5) is 14.6. The van der Waals surface area contributed by atoms with Gasteiger partial charge in [-0.05, 0) is 12.8 Å². The van der Waals surface area contributed by atoms with Crippen molar-refractivity contribution in [1.29, 1.82) is 0 Å². The summed E-state index contributed by atoms with van der Waals surface area (Å²) in [5.41, 5.74) is 2.79. The smallest absolute Gasteiger partial charge is 0.274 e. The second kappa shape index (κ2) is 8.39. The van der Waals surface area contributed by atoms with Crippen molar-refractivity contribution in [3.8, 4) is 0 Å². The van der Waals surface area contributed by atoms with E-state index in [1.807, 2.05) is 11.8 Å². The zero-order valence-corrected chi connectivity index (χ0v) is 14.1. The number of halogens is 1. The molecule has 2 rings (SSSR count). The lowest BCUT2D eigenvalue weighted by atomic mass is 10.0. The molecule has 1 aliphatic rings. The number of amides is 1. The van der Waals surface area contributed by atoms with Crippen molar-refractivity contribution in [2.75, 3.05) is 19.6 Å². The summed E-state index contributed by atoms with van der Waals surface area (Å²) in [5.74, 6) is 0.646. The van der Waals surface area contributed by atoms with Crippen molar-refractivity contribution < 1.29 is 4.79 Å². The first-order chi connectivity index (χ1) is 9.71. The number of carbonyl (C=O) groups excluding carboxylic acids is 1. The van der Waals surface area contributed by atoms with Crippen LogP contribution in [0.15, 0.2) is 0 Å². The first-order valence-electron chi connectivity index (χ1n) is 7.77. The van der Waals surface area contributed by atoms with Crippen molar-refractivity contribution >= 4 is 18.3 Å². The lowest BCUT2D eigenvalue weighted by molar-refractivity contribution is 0.0727. The highest BCUT2D eigenvalue weighted by Crippen LogP contribution is 2.18. The van der Waals surface area contributed by atoms with Gasteiger partial charge in [-0.25, -0.2) is 0 Å². The van der Waals surface area contributed by atoms with Crippen LogP contribution in [0.5, 0.6) is 0 Å². The molecule has 1 aromatic heterocycles. The summed E-state index contributed by atoms with van der Waals surface area (Å²) < 4.78 is 0. The minimum atomic E-state index is 0. The molecule has 0 radical (unpaired) electrons. The molecule has 0 spiro atoms. The molecule has 2 heterocycles. The van der Waals surface area contributed by atoms with Crippen LogP contribution in [-0.2, 0) is 13.0 Å². The van der Waals surface area contributed by atoms with Gasteiger partial charge in [-0.2, -0.15) is 5.10 Å². The maximum absolute atomic E-state index is 12.7. The standard InChI is InChI=1S/C15H26N4O.ClH/c1-4-11(5-2)10-19(6-3)15(20)14-12-9-16-8-7-13(12)17-18-14;/h11,16H,4-10H2,1-3H3,(H,17,18);1H. The van der Waals surface area contributed by atoms with Gasteiger partial charge in [0.05, 0.1) is 0 Å². The van der Waals surface area contributed by atoms with Crippen LogP contribution in [0.1, 0.15) is 55.4 Å². The molecule has 120 valence electrons. The Morgan fingerprint density at radius 2 is 2.05 bits per heavy atom.